The van der Waals surface area contributed by atoms with Crippen molar-refractivity contribution in [3.05, 3.63) is 59.6 Å². The third-order valence-corrected chi connectivity index (χ3v) is 6.37. The highest BCUT2D eigenvalue weighted by Gasteiger charge is 2.24. The van der Waals surface area contributed by atoms with Crippen molar-refractivity contribution in [2.45, 2.75) is 18.0 Å². The first kappa shape index (κ1) is 21.5. The van der Waals surface area contributed by atoms with E-state index in [-0.39, 0.29) is 17.7 Å². The van der Waals surface area contributed by atoms with Gasteiger partial charge in [0, 0.05) is 18.7 Å². The van der Waals surface area contributed by atoms with Gasteiger partial charge in [0.1, 0.15) is 0 Å². The number of anilines is 2. The number of carbonyl (C=O) groups is 1. The van der Waals surface area contributed by atoms with Crippen LogP contribution in [0, 0.1) is 0 Å². The Morgan fingerprint density at radius 2 is 1.76 bits per heavy atom. The maximum absolute atomic E-state index is 12.6. The van der Waals surface area contributed by atoms with Crippen molar-refractivity contribution in [1.29, 1.82) is 0 Å². The lowest BCUT2D eigenvalue weighted by Crippen LogP contribution is -2.22. The van der Waals surface area contributed by atoms with Crippen LogP contribution in [0.2, 0.25) is 5.02 Å². The molecule has 0 bridgehead atoms. The molecule has 11 heteroatoms. The number of hydrogen-bond acceptors (Lipinski definition) is 8. The van der Waals surface area contributed by atoms with Crippen molar-refractivity contribution in [3.8, 4) is 17.1 Å². The van der Waals surface area contributed by atoms with Gasteiger partial charge in [0.05, 0.1) is 16.5 Å². The van der Waals surface area contributed by atoms with Crippen molar-refractivity contribution in [3.63, 3.8) is 0 Å². The number of nitrogens with one attached hydrogen (secondary N) is 1. The molecule has 1 aliphatic heterocycles. The Labute approximate surface area is 199 Å². The van der Waals surface area contributed by atoms with Crippen LogP contribution >= 0.6 is 23.4 Å². The minimum absolute atomic E-state index is 0.0461. The Morgan fingerprint density at radius 3 is 2.55 bits per heavy atom. The SMILES string of the molecule is O=C(CSc1nnc(N2CCCC2)n1-c1ccccc1Cl)Nc1nnc(-c2ccccc2)o1. The molecule has 1 N–H and O–H groups in total. The van der Waals surface area contributed by atoms with Gasteiger partial charge in [-0.05, 0) is 37.1 Å². The van der Waals surface area contributed by atoms with Crippen LogP contribution in [0.25, 0.3) is 17.1 Å². The van der Waals surface area contributed by atoms with E-state index >= 15 is 0 Å². The lowest BCUT2D eigenvalue weighted by atomic mass is 10.2. The molecule has 3 heterocycles. The van der Waals surface area contributed by atoms with E-state index in [0.717, 1.165) is 43.1 Å². The molecule has 2 aromatic carbocycles. The van der Waals surface area contributed by atoms with Gasteiger partial charge in [0.15, 0.2) is 5.16 Å². The van der Waals surface area contributed by atoms with Gasteiger partial charge in [-0.15, -0.1) is 15.3 Å². The average molecular weight is 482 g/mol. The first-order valence-corrected chi connectivity index (χ1v) is 11.8. The van der Waals surface area contributed by atoms with Gasteiger partial charge in [-0.3, -0.25) is 14.7 Å². The summed E-state index contributed by atoms with van der Waals surface area (Å²) >= 11 is 7.74. The van der Waals surface area contributed by atoms with Crippen LogP contribution in [0.15, 0.2) is 64.2 Å². The second-order valence-electron chi connectivity index (χ2n) is 7.38. The molecular formula is C22H20ClN7O2S. The van der Waals surface area contributed by atoms with Crippen molar-refractivity contribution >= 4 is 41.2 Å². The van der Waals surface area contributed by atoms with Crippen molar-refractivity contribution < 1.29 is 9.21 Å². The number of rotatable bonds is 7. The molecule has 0 radical (unpaired) electrons. The number of carbonyl (C=O) groups excluding carboxylic acids is 1. The molecule has 0 atom stereocenters. The minimum Gasteiger partial charge on any atom is -0.403 e. The Balaban J connectivity index is 1.31. The highest BCUT2D eigenvalue weighted by atomic mass is 35.5. The largest absolute Gasteiger partial charge is 0.403 e. The van der Waals surface area contributed by atoms with Crippen molar-refractivity contribution in [2.75, 3.05) is 29.1 Å². The van der Waals surface area contributed by atoms with E-state index in [4.69, 9.17) is 16.0 Å². The highest BCUT2D eigenvalue weighted by Crippen LogP contribution is 2.32. The molecule has 0 spiro atoms. The van der Waals surface area contributed by atoms with Gasteiger partial charge in [0.2, 0.25) is 17.7 Å². The number of hydrogen-bond donors (Lipinski definition) is 1. The van der Waals surface area contributed by atoms with E-state index < -0.39 is 0 Å². The summed E-state index contributed by atoms with van der Waals surface area (Å²) in [6, 6.07) is 16.9. The van der Waals surface area contributed by atoms with Crippen LogP contribution < -0.4 is 10.2 Å². The first-order chi connectivity index (χ1) is 16.2. The topological polar surface area (TPSA) is 102 Å². The van der Waals surface area contributed by atoms with E-state index in [0.29, 0.717) is 16.1 Å². The quantitative estimate of drug-likeness (QED) is 0.390. The summed E-state index contributed by atoms with van der Waals surface area (Å²) in [5, 5.41) is 20.4. The zero-order valence-corrected chi connectivity index (χ0v) is 19.1. The Hall–Kier alpha value is -3.37. The van der Waals surface area contributed by atoms with Crippen LogP contribution in [-0.2, 0) is 4.79 Å². The van der Waals surface area contributed by atoms with Crippen molar-refractivity contribution in [1.82, 2.24) is 25.0 Å². The van der Waals surface area contributed by atoms with Gasteiger partial charge in [-0.1, -0.05) is 58.8 Å². The molecular weight excluding hydrogens is 462 g/mol. The fourth-order valence-electron chi connectivity index (χ4n) is 3.58. The number of amides is 1. The molecule has 0 aliphatic carbocycles. The molecule has 168 valence electrons. The molecule has 33 heavy (non-hydrogen) atoms. The second-order valence-corrected chi connectivity index (χ2v) is 8.73. The third kappa shape index (κ3) is 4.71. The molecule has 1 fully saturated rings. The average Bonchev–Trinajstić information content (AvgIpc) is 3.59. The second kappa shape index (κ2) is 9.63. The van der Waals surface area contributed by atoms with Gasteiger partial charge in [-0.25, -0.2) is 0 Å². The molecule has 4 aromatic rings. The number of aromatic nitrogens is 5. The van der Waals surface area contributed by atoms with E-state index in [1.807, 2.05) is 59.2 Å². The molecule has 9 nitrogen and oxygen atoms in total. The molecule has 1 saturated heterocycles. The predicted molar refractivity (Wildman–Crippen MR) is 127 cm³/mol. The van der Waals surface area contributed by atoms with Crippen LogP contribution in [0.5, 0.6) is 0 Å². The number of para-hydroxylation sites is 1. The summed E-state index contributed by atoms with van der Waals surface area (Å²) in [6.07, 6.45) is 2.21. The van der Waals surface area contributed by atoms with E-state index in [1.54, 1.807) is 0 Å². The van der Waals surface area contributed by atoms with Gasteiger partial charge in [-0.2, -0.15) is 0 Å². The molecule has 5 rings (SSSR count). The zero-order valence-electron chi connectivity index (χ0n) is 17.5. The minimum atomic E-state index is -0.292. The first-order valence-electron chi connectivity index (χ1n) is 10.5. The number of thioether (sulfide) groups is 1. The summed E-state index contributed by atoms with van der Waals surface area (Å²) in [7, 11) is 0. The Morgan fingerprint density at radius 1 is 1.00 bits per heavy atom. The zero-order chi connectivity index (χ0) is 22.6. The van der Waals surface area contributed by atoms with Gasteiger partial charge >= 0.3 is 6.01 Å². The smallest absolute Gasteiger partial charge is 0.322 e. The maximum Gasteiger partial charge on any atom is 0.322 e. The Bertz CT molecular complexity index is 1250. The number of halogens is 1. The molecule has 1 aliphatic rings. The number of nitrogens with zero attached hydrogens (tertiary/aromatic N) is 6. The van der Waals surface area contributed by atoms with E-state index in [9.17, 15) is 4.79 Å². The maximum atomic E-state index is 12.6. The normalized spacial score (nSPS) is 13.4. The standard InChI is InChI=1S/C22H20ClN7O2S/c23-16-10-4-5-11-17(16)30-21(29-12-6-7-13-29)27-28-22(30)33-14-18(31)24-20-26-25-19(32-20)15-8-2-1-3-9-15/h1-5,8-11H,6-7,12-14H2,(H,24,26,31). The van der Waals surface area contributed by atoms with Crippen LogP contribution in [0.3, 0.4) is 0 Å². The fourth-order valence-corrected chi connectivity index (χ4v) is 4.54. The number of benzene rings is 2. The summed E-state index contributed by atoms with van der Waals surface area (Å²) in [4.78, 5) is 14.7. The summed E-state index contributed by atoms with van der Waals surface area (Å²) < 4.78 is 7.46. The molecule has 0 unspecified atom stereocenters. The molecule has 0 saturated carbocycles. The summed E-state index contributed by atoms with van der Waals surface area (Å²) in [5.41, 5.74) is 1.56. The van der Waals surface area contributed by atoms with Crippen LogP contribution in [0.4, 0.5) is 12.0 Å². The molecule has 1 amide bonds. The van der Waals surface area contributed by atoms with E-state index in [1.165, 1.54) is 11.8 Å². The van der Waals surface area contributed by atoms with Crippen LogP contribution in [0.1, 0.15) is 12.8 Å². The molecule has 2 aromatic heterocycles. The highest BCUT2D eigenvalue weighted by molar-refractivity contribution is 7.99. The lowest BCUT2D eigenvalue weighted by molar-refractivity contribution is -0.113. The summed E-state index contributed by atoms with van der Waals surface area (Å²) in [5.74, 6) is 0.867. The third-order valence-electron chi connectivity index (χ3n) is 5.12. The fraction of sp³-hybridized carbons (Fsp3) is 0.227. The van der Waals surface area contributed by atoms with E-state index in [2.05, 4.69) is 30.6 Å². The van der Waals surface area contributed by atoms with Gasteiger partial charge < -0.3 is 9.32 Å². The Kier molecular flexibility index (Phi) is 6.27. The summed E-state index contributed by atoms with van der Waals surface area (Å²) in [6.45, 7) is 1.82. The van der Waals surface area contributed by atoms with Gasteiger partial charge in [0.25, 0.3) is 0 Å². The monoisotopic (exact) mass is 481 g/mol. The van der Waals surface area contributed by atoms with Crippen LogP contribution in [-0.4, -0.2) is 49.7 Å². The van der Waals surface area contributed by atoms with Crippen molar-refractivity contribution in [2.24, 2.45) is 0 Å². The lowest BCUT2D eigenvalue weighted by Gasteiger charge is -2.19. The predicted octanol–water partition coefficient (Wildman–Crippen LogP) is 4.30.